The molecule has 1 N–H and O–H groups in total. The molecule has 0 fully saturated rings. The second kappa shape index (κ2) is 5.62. The Morgan fingerprint density at radius 2 is 1.52 bits per heavy atom. The number of hydrogen-bond donors (Lipinski definition) is 1. The number of rotatable bonds is 1. The molecule has 7 heteroatoms. The lowest BCUT2D eigenvalue weighted by Gasteiger charge is -2.06. The molecular formula is C22H13N5O2. The van der Waals surface area contributed by atoms with Gasteiger partial charge in [-0.25, -0.2) is 9.97 Å². The first kappa shape index (κ1) is 15.8. The van der Waals surface area contributed by atoms with Crippen LogP contribution < -0.4 is 11.1 Å². The molecule has 0 aliphatic carbocycles. The van der Waals surface area contributed by atoms with Gasteiger partial charge in [0.2, 0.25) is 0 Å². The van der Waals surface area contributed by atoms with Crippen LogP contribution in [0.3, 0.4) is 0 Å². The maximum Gasteiger partial charge on any atom is 0.273 e. The third-order valence-electron chi connectivity index (χ3n) is 5.12. The Labute approximate surface area is 162 Å². The van der Waals surface area contributed by atoms with Crippen LogP contribution in [0.4, 0.5) is 0 Å². The predicted molar refractivity (Wildman–Crippen MR) is 112 cm³/mol. The zero-order valence-corrected chi connectivity index (χ0v) is 15.0. The summed E-state index contributed by atoms with van der Waals surface area (Å²) in [5, 5.41) is 0.324. The van der Waals surface area contributed by atoms with Crippen molar-refractivity contribution in [2.75, 3.05) is 0 Å². The summed E-state index contributed by atoms with van der Waals surface area (Å²) in [6.45, 7) is 0. The Morgan fingerprint density at radius 1 is 0.793 bits per heavy atom. The van der Waals surface area contributed by atoms with E-state index in [0.717, 1.165) is 5.69 Å². The standard InChI is InChI=1S/C22H13N5O2/c28-21-16-11-6-12-26(16)22(29)17-18-20(24-15-10-5-4-9-14(15)23-18)27(19(17)25-21)13-7-2-1-3-8-13/h1-12H,(H,25,28). The van der Waals surface area contributed by atoms with Gasteiger partial charge in [0.25, 0.3) is 11.1 Å². The summed E-state index contributed by atoms with van der Waals surface area (Å²) in [6.07, 6.45) is 1.59. The van der Waals surface area contributed by atoms with E-state index in [0.29, 0.717) is 33.2 Å². The smallest absolute Gasteiger partial charge is 0.273 e. The van der Waals surface area contributed by atoms with Gasteiger partial charge in [0.15, 0.2) is 5.65 Å². The number of hydrogen-bond acceptors (Lipinski definition) is 4. The lowest BCUT2D eigenvalue weighted by molar-refractivity contribution is 1.10. The summed E-state index contributed by atoms with van der Waals surface area (Å²) in [6, 6.07) is 20.3. The zero-order chi connectivity index (χ0) is 19.5. The Balaban J connectivity index is 1.98. The molecule has 0 amide bonds. The van der Waals surface area contributed by atoms with Crippen LogP contribution in [0.2, 0.25) is 0 Å². The van der Waals surface area contributed by atoms with Crippen LogP contribution >= 0.6 is 0 Å². The van der Waals surface area contributed by atoms with Gasteiger partial charge >= 0.3 is 0 Å². The normalized spacial score (nSPS) is 11.7. The van der Waals surface area contributed by atoms with E-state index in [-0.39, 0.29) is 16.6 Å². The summed E-state index contributed by atoms with van der Waals surface area (Å²) in [4.78, 5) is 38.7. The van der Waals surface area contributed by atoms with Crippen molar-refractivity contribution in [2.24, 2.45) is 0 Å². The molecule has 0 bridgehead atoms. The van der Waals surface area contributed by atoms with Gasteiger partial charge in [0.05, 0.1) is 11.0 Å². The quantitative estimate of drug-likeness (QED) is 0.476. The molecule has 0 spiro atoms. The Bertz CT molecular complexity index is 1690. The summed E-state index contributed by atoms with van der Waals surface area (Å²) in [5.74, 6) is 0. The maximum atomic E-state index is 13.4. The van der Waals surface area contributed by atoms with Crippen molar-refractivity contribution < 1.29 is 0 Å². The number of benzene rings is 2. The SMILES string of the molecule is O=c1[nH]c2c(c(=O)n3cccc13)c1nc3ccccc3nc1n2-c1ccccc1. The largest absolute Gasteiger partial charge is 0.306 e. The highest BCUT2D eigenvalue weighted by atomic mass is 16.1. The van der Waals surface area contributed by atoms with Crippen LogP contribution in [0.1, 0.15) is 0 Å². The van der Waals surface area contributed by atoms with Crippen LogP contribution in [-0.2, 0) is 0 Å². The van der Waals surface area contributed by atoms with Gasteiger partial charge in [-0.1, -0.05) is 30.3 Å². The molecule has 6 aromatic rings. The first-order valence-corrected chi connectivity index (χ1v) is 9.12. The number of aromatic nitrogens is 5. The molecule has 0 atom stereocenters. The maximum absolute atomic E-state index is 13.4. The fourth-order valence-electron chi connectivity index (χ4n) is 3.83. The van der Waals surface area contributed by atoms with Crippen LogP contribution in [0.25, 0.3) is 44.4 Å². The molecule has 0 aliphatic rings. The number of aromatic amines is 1. The molecule has 0 unspecified atom stereocenters. The molecule has 29 heavy (non-hydrogen) atoms. The van der Waals surface area contributed by atoms with Crippen molar-refractivity contribution in [1.82, 2.24) is 23.9 Å². The van der Waals surface area contributed by atoms with E-state index in [1.54, 1.807) is 22.9 Å². The van der Waals surface area contributed by atoms with Gasteiger partial charge in [0.1, 0.15) is 22.1 Å². The number of fused-ring (bicyclic) bond motifs is 5. The monoisotopic (exact) mass is 379 g/mol. The fourth-order valence-corrected chi connectivity index (χ4v) is 3.83. The second-order valence-electron chi connectivity index (χ2n) is 6.80. The average molecular weight is 379 g/mol. The minimum atomic E-state index is -0.355. The van der Waals surface area contributed by atoms with Gasteiger partial charge in [-0.05, 0) is 36.4 Å². The lowest BCUT2D eigenvalue weighted by Crippen LogP contribution is -2.11. The molecule has 2 aromatic carbocycles. The van der Waals surface area contributed by atoms with Crippen LogP contribution in [-0.4, -0.2) is 23.9 Å². The van der Waals surface area contributed by atoms with Crippen LogP contribution in [0.5, 0.6) is 0 Å². The summed E-state index contributed by atoms with van der Waals surface area (Å²) in [7, 11) is 0. The molecule has 4 heterocycles. The van der Waals surface area contributed by atoms with Crippen LogP contribution in [0.15, 0.2) is 82.5 Å². The van der Waals surface area contributed by atoms with Gasteiger partial charge < -0.3 is 4.98 Å². The van der Waals surface area contributed by atoms with E-state index >= 15 is 0 Å². The number of H-pyrrole nitrogens is 1. The molecule has 0 radical (unpaired) electrons. The van der Waals surface area contributed by atoms with Gasteiger partial charge in [0, 0.05) is 11.9 Å². The highest BCUT2D eigenvalue weighted by Crippen LogP contribution is 2.27. The lowest BCUT2D eigenvalue weighted by atomic mass is 10.3. The van der Waals surface area contributed by atoms with Gasteiger partial charge in [-0.3, -0.25) is 18.6 Å². The second-order valence-corrected chi connectivity index (χ2v) is 6.80. The van der Waals surface area contributed by atoms with E-state index in [1.165, 1.54) is 4.40 Å². The molecule has 4 aromatic heterocycles. The van der Waals surface area contributed by atoms with E-state index in [9.17, 15) is 9.59 Å². The van der Waals surface area contributed by atoms with E-state index in [1.807, 2.05) is 54.6 Å². The first-order chi connectivity index (χ1) is 14.2. The van der Waals surface area contributed by atoms with Crippen molar-refractivity contribution >= 4 is 38.7 Å². The minimum absolute atomic E-state index is 0.285. The number of para-hydroxylation sites is 3. The summed E-state index contributed by atoms with van der Waals surface area (Å²) < 4.78 is 3.14. The van der Waals surface area contributed by atoms with Crippen LogP contribution in [0, 0.1) is 0 Å². The Morgan fingerprint density at radius 3 is 2.31 bits per heavy atom. The number of nitrogens with one attached hydrogen (secondary N) is 1. The van der Waals surface area contributed by atoms with E-state index in [4.69, 9.17) is 9.97 Å². The molecule has 7 nitrogen and oxygen atoms in total. The molecule has 0 saturated carbocycles. The molecule has 138 valence electrons. The van der Waals surface area contributed by atoms with E-state index in [2.05, 4.69) is 4.98 Å². The summed E-state index contributed by atoms with van der Waals surface area (Å²) in [5.41, 5.74) is 3.14. The van der Waals surface area contributed by atoms with E-state index < -0.39 is 0 Å². The summed E-state index contributed by atoms with van der Waals surface area (Å²) >= 11 is 0. The van der Waals surface area contributed by atoms with Gasteiger partial charge in [-0.15, -0.1) is 0 Å². The Kier molecular flexibility index (Phi) is 3.05. The van der Waals surface area contributed by atoms with Crippen molar-refractivity contribution in [2.45, 2.75) is 0 Å². The fraction of sp³-hybridized carbons (Fsp3) is 0. The third kappa shape index (κ3) is 2.12. The van der Waals surface area contributed by atoms with Crippen molar-refractivity contribution in [1.29, 1.82) is 0 Å². The predicted octanol–water partition coefficient (Wildman–Crippen LogP) is 3.03. The molecule has 6 rings (SSSR count). The zero-order valence-electron chi connectivity index (χ0n) is 15.0. The van der Waals surface area contributed by atoms with Crippen molar-refractivity contribution in [3.8, 4) is 5.69 Å². The first-order valence-electron chi connectivity index (χ1n) is 9.12. The minimum Gasteiger partial charge on any atom is -0.306 e. The van der Waals surface area contributed by atoms with Crippen molar-refractivity contribution in [3.63, 3.8) is 0 Å². The topological polar surface area (TPSA) is 85.1 Å². The Hall–Kier alpha value is -4.26. The molecular weight excluding hydrogens is 366 g/mol. The number of nitrogens with zero attached hydrogens (tertiary/aromatic N) is 4. The molecule has 0 saturated heterocycles. The van der Waals surface area contributed by atoms with Gasteiger partial charge in [-0.2, -0.15) is 0 Å². The highest BCUT2D eigenvalue weighted by molar-refractivity contribution is 6.05. The van der Waals surface area contributed by atoms with Crippen molar-refractivity contribution in [3.05, 3.63) is 93.6 Å². The average Bonchev–Trinajstić information content (AvgIpc) is 3.33. The highest BCUT2D eigenvalue weighted by Gasteiger charge is 2.20. The third-order valence-corrected chi connectivity index (χ3v) is 5.12. The molecule has 0 aliphatic heterocycles.